The van der Waals surface area contributed by atoms with Gasteiger partial charge in [-0.05, 0) is 17.7 Å². The van der Waals surface area contributed by atoms with Crippen LogP contribution in [0.4, 0.5) is 0 Å². The molecule has 7 heteroatoms. The Kier molecular flexibility index (Phi) is 5.22. The van der Waals surface area contributed by atoms with Crippen molar-refractivity contribution in [2.45, 2.75) is 11.9 Å². The Morgan fingerprint density at radius 3 is 2.47 bits per heavy atom. The first kappa shape index (κ1) is 14.7. The van der Waals surface area contributed by atoms with E-state index in [4.69, 9.17) is 33.4 Å². The van der Waals surface area contributed by atoms with Crippen LogP contribution in [0.3, 0.4) is 0 Å². The Hall–Kier alpha value is -0.330. The summed E-state index contributed by atoms with van der Waals surface area (Å²) in [5, 5.41) is 18.4. The van der Waals surface area contributed by atoms with Crippen molar-refractivity contribution in [2.75, 3.05) is 12.4 Å². The van der Waals surface area contributed by atoms with Crippen LogP contribution >= 0.6 is 23.2 Å². The monoisotopic (exact) mass is 298 g/mol. The van der Waals surface area contributed by atoms with Crippen LogP contribution in [0.2, 0.25) is 10.0 Å². The molecule has 1 atom stereocenters. The van der Waals surface area contributed by atoms with E-state index in [1.807, 2.05) is 0 Å². The zero-order valence-electron chi connectivity index (χ0n) is 8.81. The van der Waals surface area contributed by atoms with E-state index in [9.17, 15) is 8.42 Å². The molecule has 0 bridgehead atoms. The van der Waals surface area contributed by atoms with Crippen molar-refractivity contribution in [2.24, 2.45) is 0 Å². The number of halogens is 2. The van der Waals surface area contributed by atoms with Gasteiger partial charge in [0.25, 0.3) is 0 Å². The van der Waals surface area contributed by atoms with E-state index in [-0.39, 0.29) is 10.8 Å². The fourth-order valence-corrected chi connectivity index (χ4v) is 3.37. The molecule has 4 nitrogen and oxygen atoms in total. The number of aliphatic hydroxyl groups excluding tert-OH is 2. The molecule has 0 fully saturated rings. The molecule has 0 aliphatic rings. The normalized spacial score (nSPS) is 13.6. The summed E-state index contributed by atoms with van der Waals surface area (Å²) in [7, 11) is -3.52. The summed E-state index contributed by atoms with van der Waals surface area (Å²) in [5.41, 5.74) is 0.418. The van der Waals surface area contributed by atoms with E-state index in [1.165, 1.54) is 12.1 Å². The topological polar surface area (TPSA) is 74.6 Å². The predicted octanol–water partition coefficient (Wildman–Crippen LogP) is 1.26. The highest BCUT2D eigenvalue weighted by molar-refractivity contribution is 7.90. The van der Waals surface area contributed by atoms with Crippen LogP contribution in [0.15, 0.2) is 18.2 Å². The molecule has 1 aromatic rings. The van der Waals surface area contributed by atoms with E-state index in [0.717, 1.165) is 0 Å². The highest BCUT2D eigenvalue weighted by atomic mass is 35.5. The average molecular weight is 299 g/mol. The van der Waals surface area contributed by atoms with Crippen LogP contribution in [0, 0.1) is 0 Å². The van der Waals surface area contributed by atoms with E-state index in [0.29, 0.717) is 10.6 Å². The lowest BCUT2D eigenvalue weighted by molar-refractivity contribution is 0.112. The Balaban J connectivity index is 2.83. The first-order valence-corrected chi connectivity index (χ1v) is 7.35. The van der Waals surface area contributed by atoms with Crippen LogP contribution < -0.4 is 0 Å². The Bertz CT molecular complexity index is 487. The molecule has 0 heterocycles. The van der Waals surface area contributed by atoms with Crippen LogP contribution in [0.25, 0.3) is 0 Å². The van der Waals surface area contributed by atoms with Gasteiger partial charge in [-0.3, -0.25) is 0 Å². The standard InChI is InChI=1S/C10H12Cl2O4S/c11-8-2-1-7(10(12)3-8)5-17(15,16)6-9(14)4-13/h1-3,9,13-14H,4-6H2/t9-/m0/s1. The van der Waals surface area contributed by atoms with Crippen LogP contribution in [0.1, 0.15) is 5.56 Å². The van der Waals surface area contributed by atoms with Gasteiger partial charge in [0, 0.05) is 10.0 Å². The number of hydrogen-bond donors (Lipinski definition) is 2. The average Bonchev–Trinajstić information content (AvgIpc) is 2.21. The quantitative estimate of drug-likeness (QED) is 0.858. The second-order valence-electron chi connectivity index (χ2n) is 3.63. The van der Waals surface area contributed by atoms with Gasteiger partial charge in [0.05, 0.1) is 24.2 Å². The third-order valence-corrected chi connectivity index (χ3v) is 4.28. The number of sulfone groups is 1. The third-order valence-electron chi connectivity index (χ3n) is 2.05. The van der Waals surface area contributed by atoms with Gasteiger partial charge >= 0.3 is 0 Å². The van der Waals surface area contributed by atoms with Gasteiger partial charge in [0.2, 0.25) is 0 Å². The molecular formula is C10H12Cl2O4S. The van der Waals surface area contributed by atoms with Gasteiger partial charge in [-0.25, -0.2) is 8.42 Å². The molecule has 0 radical (unpaired) electrons. The Morgan fingerprint density at radius 1 is 1.29 bits per heavy atom. The number of aliphatic hydroxyl groups is 2. The summed E-state index contributed by atoms with van der Waals surface area (Å²) in [6.07, 6.45) is -1.27. The van der Waals surface area contributed by atoms with Crippen LogP contribution in [0.5, 0.6) is 0 Å². The van der Waals surface area contributed by atoms with Crippen molar-refractivity contribution in [3.63, 3.8) is 0 Å². The largest absolute Gasteiger partial charge is 0.394 e. The minimum Gasteiger partial charge on any atom is -0.394 e. The van der Waals surface area contributed by atoms with E-state index < -0.39 is 28.3 Å². The highest BCUT2D eigenvalue weighted by Gasteiger charge is 2.18. The molecule has 0 spiro atoms. The first-order valence-electron chi connectivity index (χ1n) is 4.77. The van der Waals surface area contributed by atoms with Gasteiger partial charge in [0.1, 0.15) is 0 Å². The van der Waals surface area contributed by atoms with Crippen molar-refractivity contribution in [3.8, 4) is 0 Å². The molecule has 0 saturated carbocycles. The molecule has 0 amide bonds. The number of hydrogen-bond acceptors (Lipinski definition) is 4. The van der Waals surface area contributed by atoms with Crippen LogP contribution in [-0.2, 0) is 15.6 Å². The van der Waals surface area contributed by atoms with E-state index in [1.54, 1.807) is 6.07 Å². The zero-order chi connectivity index (χ0) is 13.1. The molecule has 2 N–H and O–H groups in total. The van der Waals surface area contributed by atoms with Crippen molar-refractivity contribution in [1.29, 1.82) is 0 Å². The summed E-state index contributed by atoms with van der Waals surface area (Å²) in [4.78, 5) is 0. The van der Waals surface area contributed by atoms with Crippen LogP contribution in [-0.4, -0.2) is 37.1 Å². The van der Waals surface area contributed by atoms with Crippen molar-refractivity contribution in [1.82, 2.24) is 0 Å². The second kappa shape index (κ2) is 6.02. The van der Waals surface area contributed by atoms with Crippen molar-refractivity contribution < 1.29 is 18.6 Å². The summed E-state index contributed by atoms with van der Waals surface area (Å²) < 4.78 is 23.3. The van der Waals surface area contributed by atoms with Gasteiger partial charge in [-0.2, -0.15) is 0 Å². The lowest BCUT2D eigenvalue weighted by atomic mass is 10.2. The third kappa shape index (κ3) is 4.81. The van der Waals surface area contributed by atoms with Crippen molar-refractivity contribution >= 4 is 33.0 Å². The van der Waals surface area contributed by atoms with Gasteiger partial charge in [-0.1, -0.05) is 29.3 Å². The molecule has 0 aliphatic carbocycles. The maximum absolute atomic E-state index is 11.6. The molecule has 0 aliphatic heterocycles. The molecule has 96 valence electrons. The summed E-state index contributed by atoms with van der Waals surface area (Å²) in [6.45, 7) is -0.590. The molecule has 0 saturated heterocycles. The SMILES string of the molecule is O=S(=O)(Cc1ccc(Cl)cc1Cl)C[C@@H](O)CO. The number of rotatable bonds is 5. The number of benzene rings is 1. The second-order valence-corrected chi connectivity index (χ2v) is 6.58. The summed E-state index contributed by atoms with van der Waals surface area (Å²) in [5.74, 6) is -0.789. The maximum Gasteiger partial charge on any atom is 0.157 e. The summed E-state index contributed by atoms with van der Waals surface area (Å²) in [6, 6.07) is 4.52. The minimum atomic E-state index is -3.52. The fourth-order valence-electron chi connectivity index (χ4n) is 1.28. The fraction of sp³-hybridized carbons (Fsp3) is 0.400. The molecule has 0 aromatic heterocycles. The molecule has 17 heavy (non-hydrogen) atoms. The molecular weight excluding hydrogens is 287 g/mol. The van der Waals surface area contributed by atoms with Gasteiger partial charge in [-0.15, -0.1) is 0 Å². The molecule has 1 rings (SSSR count). The maximum atomic E-state index is 11.6. The minimum absolute atomic E-state index is 0.263. The highest BCUT2D eigenvalue weighted by Crippen LogP contribution is 2.23. The zero-order valence-corrected chi connectivity index (χ0v) is 11.1. The first-order chi connectivity index (χ1) is 7.84. The molecule has 0 unspecified atom stereocenters. The van der Waals surface area contributed by atoms with Gasteiger partial charge < -0.3 is 10.2 Å². The summed E-state index contributed by atoms with van der Waals surface area (Å²) >= 11 is 11.5. The lowest BCUT2D eigenvalue weighted by Gasteiger charge is -2.09. The smallest absolute Gasteiger partial charge is 0.157 e. The predicted molar refractivity (Wildman–Crippen MR) is 67.0 cm³/mol. The Labute approximate surface area is 110 Å². The Morgan fingerprint density at radius 2 is 1.94 bits per heavy atom. The van der Waals surface area contributed by atoms with E-state index >= 15 is 0 Å². The van der Waals surface area contributed by atoms with Gasteiger partial charge in [0.15, 0.2) is 9.84 Å². The lowest BCUT2D eigenvalue weighted by Crippen LogP contribution is -2.25. The van der Waals surface area contributed by atoms with E-state index in [2.05, 4.69) is 0 Å². The molecule has 1 aromatic carbocycles. The van der Waals surface area contributed by atoms with Crippen molar-refractivity contribution in [3.05, 3.63) is 33.8 Å².